The molecule has 1 N–H and O–H groups in total. The zero-order valence-corrected chi connectivity index (χ0v) is 15.0. The average molecular weight is 384 g/mol. The summed E-state index contributed by atoms with van der Waals surface area (Å²) in [5.41, 5.74) is 2.51. The largest absolute Gasteiger partial charge is 0.479 e. The van der Waals surface area contributed by atoms with E-state index in [9.17, 15) is 14.0 Å². The van der Waals surface area contributed by atoms with Gasteiger partial charge in [-0.15, -0.1) is 0 Å². The number of rotatable bonds is 7. The maximum atomic E-state index is 13.4. The number of amides is 1. The van der Waals surface area contributed by atoms with Crippen LogP contribution in [0.1, 0.15) is 5.56 Å². The number of ether oxygens (including phenoxy) is 2. The lowest BCUT2D eigenvalue weighted by molar-refractivity contribution is -0.149. The molecule has 28 heavy (non-hydrogen) atoms. The molecule has 0 saturated heterocycles. The fourth-order valence-electron chi connectivity index (χ4n) is 2.25. The molecule has 0 radical (unpaired) electrons. The van der Waals surface area contributed by atoms with Crippen LogP contribution in [0.3, 0.4) is 0 Å². The molecule has 1 amide bonds. The van der Waals surface area contributed by atoms with Gasteiger partial charge >= 0.3 is 5.97 Å². The Morgan fingerprint density at radius 2 is 1.86 bits per heavy atom. The second-order valence-electron chi connectivity index (χ2n) is 5.87. The smallest absolute Gasteiger partial charge is 0.344 e. The Bertz CT molecular complexity index is 969. The highest BCUT2D eigenvalue weighted by atomic mass is 19.1. The average Bonchev–Trinajstić information content (AvgIpc) is 3.14. The van der Waals surface area contributed by atoms with Gasteiger partial charge in [-0.2, -0.15) is 0 Å². The zero-order valence-electron chi connectivity index (χ0n) is 15.0. The quantitative estimate of drug-likeness (QED) is 0.628. The van der Waals surface area contributed by atoms with Crippen molar-refractivity contribution in [2.45, 2.75) is 6.92 Å². The van der Waals surface area contributed by atoms with Crippen molar-refractivity contribution in [1.29, 1.82) is 0 Å². The molecule has 1 heterocycles. The number of carbonyl (C=O) groups is 2. The first kappa shape index (κ1) is 19.1. The molecule has 0 saturated carbocycles. The van der Waals surface area contributed by atoms with Crippen molar-refractivity contribution in [3.05, 3.63) is 66.0 Å². The third kappa shape index (κ3) is 5.16. The highest BCUT2D eigenvalue weighted by Gasteiger charge is 2.13. The Morgan fingerprint density at radius 1 is 1.11 bits per heavy atom. The molecule has 8 heteroatoms. The van der Waals surface area contributed by atoms with E-state index in [1.807, 2.05) is 31.2 Å². The number of benzene rings is 2. The van der Waals surface area contributed by atoms with Crippen molar-refractivity contribution in [1.82, 2.24) is 5.16 Å². The normalized spacial score (nSPS) is 10.4. The molecule has 144 valence electrons. The van der Waals surface area contributed by atoms with E-state index in [0.717, 1.165) is 11.1 Å². The van der Waals surface area contributed by atoms with Crippen LogP contribution in [0.4, 0.5) is 10.3 Å². The summed E-state index contributed by atoms with van der Waals surface area (Å²) in [6.07, 6.45) is 0. The summed E-state index contributed by atoms with van der Waals surface area (Å²) >= 11 is 0. The Hall–Kier alpha value is -3.68. The van der Waals surface area contributed by atoms with Crippen molar-refractivity contribution >= 4 is 17.8 Å². The SMILES string of the molecule is Cc1ccc(-c2cc(NC(=O)COC(=O)COc3ccccc3F)on2)cc1. The number of nitrogens with zero attached hydrogens (tertiary/aromatic N) is 1. The standard InChI is InChI=1S/C20H17FN2O5/c1-13-6-8-14(9-7-13)16-10-19(28-23-16)22-18(24)11-27-20(25)12-26-17-5-3-2-4-15(17)21/h2-10H,11-12H2,1H3,(H,22,24). The Morgan fingerprint density at radius 3 is 2.61 bits per heavy atom. The fourth-order valence-corrected chi connectivity index (χ4v) is 2.25. The van der Waals surface area contributed by atoms with E-state index < -0.39 is 30.9 Å². The van der Waals surface area contributed by atoms with Gasteiger partial charge in [-0.25, -0.2) is 9.18 Å². The number of nitrogens with one attached hydrogen (secondary N) is 1. The second kappa shape index (κ2) is 8.81. The summed E-state index contributed by atoms with van der Waals surface area (Å²) in [7, 11) is 0. The molecule has 2 aromatic carbocycles. The van der Waals surface area contributed by atoms with E-state index in [-0.39, 0.29) is 11.6 Å². The number of halogens is 1. The maximum absolute atomic E-state index is 13.4. The molecule has 0 fully saturated rings. The Balaban J connectivity index is 1.45. The number of para-hydroxylation sites is 1. The van der Waals surface area contributed by atoms with E-state index >= 15 is 0 Å². The monoisotopic (exact) mass is 384 g/mol. The molecule has 0 unspecified atom stereocenters. The van der Waals surface area contributed by atoms with Gasteiger partial charge in [0.05, 0.1) is 0 Å². The Labute approximate surface area is 160 Å². The van der Waals surface area contributed by atoms with Crippen LogP contribution in [0.15, 0.2) is 59.1 Å². The number of hydrogen-bond donors (Lipinski definition) is 1. The van der Waals surface area contributed by atoms with E-state index in [0.29, 0.717) is 5.69 Å². The van der Waals surface area contributed by atoms with E-state index in [4.69, 9.17) is 14.0 Å². The lowest BCUT2D eigenvalue weighted by Crippen LogP contribution is -2.23. The molecule has 0 atom stereocenters. The highest BCUT2D eigenvalue weighted by molar-refractivity contribution is 5.92. The first-order valence-corrected chi connectivity index (χ1v) is 8.38. The van der Waals surface area contributed by atoms with E-state index in [1.165, 1.54) is 18.2 Å². The van der Waals surface area contributed by atoms with Gasteiger partial charge in [-0.3, -0.25) is 10.1 Å². The van der Waals surface area contributed by atoms with Crippen LogP contribution in [0.2, 0.25) is 0 Å². The summed E-state index contributed by atoms with van der Waals surface area (Å²) in [6.45, 7) is 0.912. The lowest BCUT2D eigenvalue weighted by Gasteiger charge is -2.07. The highest BCUT2D eigenvalue weighted by Crippen LogP contribution is 2.22. The lowest BCUT2D eigenvalue weighted by atomic mass is 10.1. The molecular weight excluding hydrogens is 367 g/mol. The van der Waals surface area contributed by atoms with Crippen LogP contribution in [-0.2, 0) is 14.3 Å². The predicted molar refractivity (Wildman–Crippen MR) is 98.2 cm³/mol. The van der Waals surface area contributed by atoms with Gasteiger partial charge in [0.1, 0.15) is 5.69 Å². The van der Waals surface area contributed by atoms with Crippen LogP contribution in [0.25, 0.3) is 11.3 Å². The molecule has 1 aromatic heterocycles. The molecule has 0 spiro atoms. The third-order valence-electron chi connectivity index (χ3n) is 3.67. The summed E-state index contributed by atoms with van der Waals surface area (Å²) in [5.74, 6) is -1.96. The van der Waals surface area contributed by atoms with Gasteiger partial charge in [0, 0.05) is 11.6 Å². The predicted octanol–water partition coefficient (Wildman–Crippen LogP) is 3.35. The Kier molecular flexibility index (Phi) is 6.01. The number of aromatic nitrogens is 1. The minimum absolute atomic E-state index is 0.0748. The molecule has 3 aromatic rings. The van der Waals surface area contributed by atoms with Crippen molar-refractivity contribution in [3.8, 4) is 17.0 Å². The molecule has 7 nitrogen and oxygen atoms in total. The van der Waals surface area contributed by atoms with Crippen molar-refractivity contribution in [3.63, 3.8) is 0 Å². The van der Waals surface area contributed by atoms with E-state index in [1.54, 1.807) is 12.1 Å². The van der Waals surface area contributed by atoms with Gasteiger partial charge < -0.3 is 14.0 Å². The first-order valence-electron chi connectivity index (χ1n) is 8.38. The van der Waals surface area contributed by atoms with Gasteiger partial charge in [-0.05, 0) is 19.1 Å². The molecule has 0 bridgehead atoms. The first-order chi connectivity index (χ1) is 13.5. The summed E-state index contributed by atoms with van der Waals surface area (Å²) < 4.78 is 28.2. The minimum atomic E-state index is -0.809. The van der Waals surface area contributed by atoms with Crippen LogP contribution < -0.4 is 10.1 Å². The summed E-state index contributed by atoms with van der Waals surface area (Å²) in [5, 5.41) is 6.32. The zero-order chi connectivity index (χ0) is 19.9. The van der Waals surface area contributed by atoms with Crippen molar-refractivity contribution in [2.75, 3.05) is 18.5 Å². The third-order valence-corrected chi connectivity index (χ3v) is 3.67. The van der Waals surface area contributed by atoms with Crippen LogP contribution >= 0.6 is 0 Å². The molecule has 0 aliphatic heterocycles. The van der Waals surface area contributed by atoms with Gasteiger partial charge in [0.25, 0.3) is 5.91 Å². The number of carbonyl (C=O) groups excluding carboxylic acids is 2. The molecule has 3 rings (SSSR count). The van der Waals surface area contributed by atoms with Crippen LogP contribution in [-0.4, -0.2) is 30.2 Å². The number of esters is 1. The number of aryl methyl sites for hydroxylation is 1. The van der Waals surface area contributed by atoms with Gasteiger partial charge in [-0.1, -0.05) is 47.1 Å². The van der Waals surface area contributed by atoms with Crippen molar-refractivity contribution in [2.24, 2.45) is 0 Å². The molecule has 0 aliphatic carbocycles. The maximum Gasteiger partial charge on any atom is 0.344 e. The van der Waals surface area contributed by atoms with E-state index in [2.05, 4.69) is 10.5 Å². The molecular formula is C20H17FN2O5. The minimum Gasteiger partial charge on any atom is -0.479 e. The summed E-state index contributed by atoms with van der Waals surface area (Å²) in [4.78, 5) is 23.5. The van der Waals surface area contributed by atoms with Gasteiger partial charge in [0.15, 0.2) is 24.8 Å². The van der Waals surface area contributed by atoms with Crippen molar-refractivity contribution < 1.29 is 28.0 Å². The fraction of sp³-hybridized carbons (Fsp3) is 0.150. The second-order valence-corrected chi connectivity index (χ2v) is 5.87. The number of hydrogen-bond acceptors (Lipinski definition) is 6. The van der Waals surface area contributed by atoms with Crippen LogP contribution in [0, 0.1) is 12.7 Å². The number of anilines is 1. The van der Waals surface area contributed by atoms with Crippen LogP contribution in [0.5, 0.6) is 5.75 Å². The molecule has 0 aliphatic rings. The topological polar surface area (TPSA) is 90.7 Å². The van der Waals surface area contributed by atoms with Gasteiger partial charge in [0.2, 0.25) is 5.88 Å². The summed E-state index contributed by atoms with van der Waals surface area (Å²) in [6, 6.07) is 14.9.